The van der Waals surface area contributed by atoms with Crippen molar-refractivity contribution in [2.45, 2.75) is 71.0 Å². The first-order chi connectivity index (χ1) is 10.7. The molecule has 122 valence electrons. The molecule has 0 N–H and O–H groups in total. The lowest BCUT2D eigenvalue weighted by atomic mass is 9.89. The summed E-state index contributed by atoms with van der Waals surface area (Å²) in [5.74, 6) is -0.0499. The van der Waals surface area contributed by atoms with Crippen LogP contribution in [0.4, 0.5) is 0 Å². The number of ether oxygens (including phenoxy) is 1. The predicted molar refractivity (Wildman–Crippen MR) is 89.7 cm³/mol. The van der Waals surface area contributed by atoms with Gasteiger partial charge < -0.3 is 4.74 Å². The van der Waals surface area contributed by atoms with Gasteiger partial charge in [-0.25, -0.2) is 0 Å². The topological polar surface area (TPSA) is 29.5 Å². The maximum Gasteiger partial charge on any atom is 0.323 e. The van der Waals surface area contributed by atoms with Crippen molar-refractivity contribution in [2.24, 2.45) is 0 Å². The van der Waals surface area contributed by atoms with Crippen molar-refractivity contribution in [2.75, 3.05) is 6.61 Å². The Morgan fingerprint density at radius 2 is 2.00 bits per heavy atom. The van der Waals surface area contributed by atoms with E-state index in [1.54, 1.807) is 0 Å². The van der Waals surface area contributed by atoms with Crippen LogP contribution >= 0.6 is 0 Å². The van der Waals surface area contributed by atoms with Gasteiger partial charge in [0.25, 0.3) is 0 Å². The van der Waals surface area contributed by atoms with Crippen LogP contribution in [-0.4, -0.2) is 29.6 Å². The van der Waals surface area contributed by atoms with Gasteiger partial charge in [0, 0.05) is 12.1 Å². The number of piperidine rings is 1. The maximum atomic E-state index is 12.4. The highest BCUT2D eigenvalue weighted by Gasteiger charge is 2.38. The van der Waals surface area contributed by atoms with Gasteiger partial charge in [0.05, 0.1) is 6.61 Å². The molecule has 3 heteroatoms. The Morgan fingerprint density at radius 1 is 1.27 bits per heavy atom. The normalized spacial score (nSPS) is 24.0. The minimum Gasteiger partial charge on any atom is -0.465 e. The molecule has 1 heterocycles. The van der Waals surface area contributed by atoms with Gasteiger partial charge in [-0.05, 0) is 45.1 Å². The highest BCUT2D eigenvalue weighted by molar-refractivity contribution is 5.76. The van der Waals surface area contributed by atoms with Crippen LogP contribution in [0.5, 0.6) is 0 Å². The number of esters is 1. The SMILES string of the molecule is CCC[C@H]1CCC[C@H](C(=O)OCC)N1[C@@H](C)c1ccccc1. The first-order valence-corrected chi connectivity index (χ1v) is 8.68. The van der Waals surface area contributed by atoms with Crippen molar-refractivity contribution >= 4 is 5.97 Å². The first kappa shape index (κ1) is 17.0. The van der Waals surface area contributed by atoms with Gasteiger partial charge in [-0.15, -0.1) is 0 Å². The standard InChI is InChI=1S/C19H29NO2/c1-4-10-17-13-9-14-18(19(21)22-5-2)20(17)15(3)16-11-7-6-8-12-16/h6-8,11-12,15,17-18H,4-5,9-10,13-14H2,1-3H3/t15-,17-,18+/m0/s1. The summed E-state index contributed by atoms with van der Waals surface area (Å²) in [7, 11) is 0. The Balaban J connectivity index is 2.26. The van der Waals surface area contributed by atoms with Gasteiger partial charge in [-0.2, -0.15) is 0 Å². The Hall–Kier alpha value is -1.35. The zero-order chi connectivity index (χ0) is 15.9. The quantitative estimate of drug-likeness (QED) is 0.732. The molecular formula is C19H29NO2. The van der Waals surface area contributed by atoms with Crippen molar-refractivity contribution in [3.05, 3.63) is 35.9 Å². The molecule has 0 aliphatic carbocycles. The number of benzene rings is 1. The summed E-state index contributed by atoms with van der Waals surface area (Å²) < 4.78 is 5.34. The van der Waals surface area contributed by atoms with E-state index in [0.717, 1.165) is 25.7 Å². The summed E-state index contributed by atoms with van der Waals surface area (Å²) in [4.78, 5) is 14.8. The predicted octanol–water partition coefficient (Wildman–Crippen LogP) is 4.33. The van der Waals surface area contributed by atoms with Crippen LogP contribution in [-0.2, 0) is 9.53 Å². The van der Waals surface area contributed by atoms with Crippen molar-refractivity contribution < 1.29 is 9.53 Å². The number of hydrogen-bond donors (Lipinski definition) is 0. The third-order valence-corrected chi connectivity index (χ3v) is 4.71. The lowest BCUT2D eigenvalue weighted by Gasteiger charge is -2.44. The molecule has 1 aliphatic heterocycles. The molecule has 3 atom stereocenters. The van der Waals surface area contributed by atoms with Gasteiger partial charge in [-0.3, -0.25) is 9.69 Å². The molecule has 1 aliphatic rings. The highest BCUT2D eigenvalue weighted by Crippen LogP contribution is 2.34. The Kier molecular flexibility index (Phi) is 6.44. The summed E-state index contributed by atoms with van der Waals surface area (Å²) in [5, 5.41) is 0. The van der Waals surface area contributed by atoms with E-state index in [4.69, 9.17) is 4.74 Å². The second kappa shape index (κ2) is 8.33. The van der Waals surface area contributed by atoms with E-state index in [9.17, 15) is 4.79 Å². The molecule has 3 nitrogen and oxygen atoms in total. The molecule has 22 heavy (non-hydrogen) atoms. The molecule has 0 bridgehead atoms. The van der Waals surface area contributed by atoms with Gasteiger partial charge in [0.2, 0.25) is 0 Å². The Labute approximate surface area is 134 Å². The third kappa shape index (κ3) is 3.89. The van der Waals surface area contributed by atoms with Crippen molar-refractivity contribution in [1.29, 1.82) is 0 Å². The fourth-order valence-corrected chi connectivity index (χ4v) is 3.69. The van der Waals surface area contributed by atoms with Crippen molar-refractivity contribution in [3.63, 3.8) is 0 Å². The van der Waals surface area contributed by atoms with E-state index in [1.807, 2.05) is 13.0 Å². The average molecular weight is 303 g/mol. The number of nitrogens with zero attached hydrogens (tertiary/aromatic N) is 1. The van der Waals surface area contributed by atoms with Crippen molar-refractivity contribution in [3.8, 4) is 0 Å². The average Bonchev–Trinajstić information content (AvgIpc) is 2.55. The van der Waals surface area contributed by atoms with Crippen LogP contribution in [0.2, 0.25) is 0 Å². The molecule has 0 spiro atoms. The lowest BCUT2D eigenvalue weighted by molar-refractivity contribution is -0.154. The molecule has 1 aromatic rings. The third-order valence-electron chi connectivity index (χ3n) is 4.71. The van der Waals surface area contributed by atoms with Crippen LogP contribution in [0, 0.1) is 0 Å². The van der Waals surface area contributed by atoms with Crippen LogP contribution in [0.25, 0.3) is 0 Å². The minimum absolute atomic E-state index is 0.0499. The molecule has 0 radical (unpaired) electrons. The Bertz CT molecular complexity index is 458. The van der Waals surface area contributed by atoms with Crippen LogP contribution < -0.4 is 0 Å². The smallest absolute Gasteiger partial charge is 0.323 e. The molecule has 1 aromatic carbocycles. The van der Waals surface area contributed by atoms with Gasteiger partial charge in [-0.1, -0.05) is 43.7 Å². The van der Waals surface area contributed by atoms with E-state index in [0.29, 0.717) is 12.6 Å². The number of rotatable bonds is 6. The van der Waals surface area contributed by atoms with E-state index in [1.165, 1.54) is 12.0 Å². The highest BCUT2D eigenvalue weighted by atomic mass is 16.5. The molecule has 2 rings (SSSR count). The van der Waals surface area contributed by atoms with Crippen LogP contribution in [0.1, 0.15) is 64.5 Å². The zero-order valence-electron chi connectivity index (χ0n) is 14.1. The molecule has 0 aromatic heterocycles. The largest absolute Gasteiger partial charge is 0.465 e. The molecular weight excluding hydrogens is 274 g/mol. The first-order valence-electron chi connectivity index (χ1n) is 8.68. The fourth-order valence-electron chi connectivity index (χ4n) is 3.69. The summed E-state index contributed by atoms with van der Waals surface area (Å²) in [6.07, 6.45) is 5.51. The van der Waals surface area contributed by atoms with Gasteiger partial charge in [0.1, 0.15) is 6.04 Å². The summed E-state index contributed by atoms with van der Waals surface area (Å²) >= 11 is 0. The monoisotopic (exact) mass is 303 g/mol. The summed E-state index contributed by atoms with van der Waals surface area (Å²) in [6.45, 7) is 6.78. The van der Waals surface area contributed by atoms with Crippen LogP contribution in [0.15, 0.2) is 30.3 Å². The summed E-state index contributed by atoms with van der Waals surface area (Å²) in [5.41, 5.74) is 1.28. The van der Waals surface area contributed by atoms with E-state index in [2.05, 4.69) is 43.0 Å². The van der Waals surface area contributed by atoms with Gasteiger partial charge in [0.15, 0.2) is 0 Å². The molecule has 0 amide bonds. The molecule has 1 fully saturated rings. The second-order valence-electron chi connectivity index (χ2n) is 6.18. The maximum absolute atomic E-state index is 12.4. The number of carbonyl (C=O) groups is 1. The van der Waals surface area contributed by atoms with E-state index in [-0.39, 0.29) is 18.1 Å². The summed E-state index contributed by atoms with van der Waals surface area (Å²) in [6, 6.07) is 11.1. The lowest BCUT2D eigenvalue weighted by Crippen LogP contribution is -2.51. The molecule has 0 unspecified atom stereocenters. The minimum atomic E-state index is -0.0968. The number of hydrogen-bond acceptors (Lipinski definition) is 3. The second-order valence-corrected chi connectivity index (χ2v) is 6.18. The van der Waals surface area contributed by atoms with E-state index < -0.39 is 0 Å². The van der Waals surface area contributed by atoms with Crippen molar-refractivity contribution in [1.82, 2.24) is 4.90 Å². The van der Waals surface area contributed by atoms with Gasteiger partial charge >= 0.3 is 5.97 Å². The molecule has 1 saturated heterocycles. The molecule has 0 saturated carbocycles. The van der Waals surface area contributed by atoms with E-state index >= 15 is 0 Å². The number of likely N-dealkylation sites (tertiary alicyclic amines) is 1. The Morgan fingerprint density at radius 3 is 2.64 bits per heavy atom. The number of carbonyl (C=O) groups excluding carboxylic acids is 1. The fraction of sp³-hybridized carbons (Fsp3) is 0.632. The van der Waals surface area contributed by atoms with Crippen LogP contribution in [0.3, 0.4) is 0 Å². The zero-order valence-corrected chi connectivity index (χ0v) is 14.1.